The second-order valence-electron chi connectivity index (χ2n) is 10.5. The van der Waals surface area contributed by atoms with Gasteiger partial charge in [0.05, 0.1) is 36.5 Å². The summed E-state index contributed by atoms with van der Waals surface area (Å²) in [6.45, 7) is 8.41. The van der Waals surface area contributed by atoms with Crippen molar-refractivity contribution in [1.29, 1.82) is 5.26 Å². The van der Waals surface area contributed by atoms with E-state index in [0.29, 0.717) is 18.8 Å². The molecule has 2 atom stereocenters. The number of pyridine rings is 1. The van der Waals surface area contributed by atoms with Gasteiger partial charge in [-0.25, -0.2) is 14.2 Å². The predicted octanol–water partition coefficient (Wildman–Crippen LogP) is 4.94. The van der Waals surface area contributed by atoms with Crippen LogP contribution in [0.3, 0.4) is 0 Å². The zero-order valence-electron chi connectivity index (χ0n) is 22.3. The molecule has 1 aliphatic carbocycles. The zero-order valence-corrected chi connectivity index (χ0v) is 22.3. The van der Waals surface area contributed by atoms with E-state index in [1.807, 2.05) is 35.9 Å². The monoisotopic (exact) mass is 523 g/mol. The van der Waals surface area contributed by atoms with Gasteiger partial charge in [-0.3, -0.25) is 4.68 Å². The number of fused-ring (bicyclic) bond motifs is 1. The van der Waals surface area contributed by atoms with Crippen LogP contribution in [0.5, 0.6) is 0 Å². The number of carbonyl (C=O) groups is 1. The van der Waals surface area contributed by atoms with Gasteiger partial charge in [0, 0.05) is 24.2 Å². The van der Waals surface area contributed by atoms with E-state index < -0.39 is 17.5 Å². The van der Waals surface area contributed by atoms with Crippen LogP contribution >= 0.6 is 0 Å². The number of alkyl carbamates (subject to hydrolysis) is 1. The summed E-state index contributed by atoms with van der Waals surface area (Å²) in [7, 11) is 1.64. The molecule has 38 heavy (non-hydrogen) atoms. The first kappa shape index (κ1) is 27.1. The van der Waals surface area contributed by atoms with Gasteiger partial charge in [-0.15, -0.1) is 0 Å². The molecule has 4 rings (SSSR count). The van der Waals surface area contributed by atoms with Gasteiger partial charge in [-0.2, -0.15) is 10.4 Å². The maximum Gasteiger partial charge on any atom is 0.407 e. The molecular formula is C27H34FN7O3. The van der Waals surface area contributed by atoms with E-state index in [0.717, 1.165) is 29.8 Å². The largest absolute Gasteiger partial charge is 0.444 e. The van der Waals surface area contributed by atoms with Crippen LogP contribution in [0.25, 0.3) is 10.9 Å². The van der Waals surface area contributed by atoms with Crippen LogP contribution in [0, 0.1) is 23.1 Å². The van der Waals surface area contributed by atoms with Crippen molar-refractivity contribution in [1.82, 2.24) is 20.1 Å². The van der Waals surface area contributed by atoms with E-state index in [1.54, 1.807) is 34.1 Å². The summed E-state index contributed by atoms with van der Waals surface area (Å²) >= 11 is 0. The Balaban J connectivity index is 1.54. The molecule has 202 valence electrons. The molecule has 1 saturated carbocycles. The van der Waals surface area contributed by atoms with Gasteiger partial charge in [-0.05, 0) is 70.7 Å². The van der Waals surface area contributed by atoms with Gasteiger partial charge in [-0.1, -0.05) is 0 Å². The van der Waals surface area contributed by atoms with Gasteiger partial charge in [0.2, 0.25) is 0 Å². The standard InChI is InChI=1S/C27H34FN7O3/c1-16(31-26(36)38-27(2,3)4)23(17-6-7-17)33-25-21(28)13-18(14-29)24(34-25)32-20-8-9-22-19(12-20)15-30-35(22)10-11-37-5/h8-9,12-13,15-17,23H,6-7,10-11H2,1-5H3,(H,31,36)(H2,32,33,34)/t16-,23-/m0/s1. The number of halogens is 1. The lowest BCUT2D eigenvalue weighted by atomic mass is 10.0. The molecule has 10 nitrogen and oxygen atoms in total. The van der Waals surface area contributed by atoms with E-state index >= 15 is 4.39 Å². The minimum Gasteiger partial charge on any atom is -0.444 e. The van der Waals surface area contributed by atoms with Crippen molar-refractivity contribution in [2.45, 2.75) is 64.8 Å². The van der Waals surface area contributed by atoms with E-state index in [4.69, 9.17) is 9.47 Å². The SMILES string of the molecule is COCCn1ncc2cc(Nc3nc(N[C@H](C4CC4)[C@H](C)NC(=O)OC(C)(C)C)c(F)cc3C#N)ccc21. The second kappa shape index (κ2) is 11.2. The highest BCUT2D eigenvalue weighted by Crippen LogP contribution is 2.36. The number of carbonyl (C=O) groups excluding carboxylic acids is 1. The number of anilines is 3. The Morgan fingerprint density at radius 3 is 2.71 bits per heavy atom. The molecule has 2 aromatic heterocycles. The predicted molar refractivity (Wildman–Crippen MR) is 143 cm³/mol. The van der Waals surface area contributed by atoms with E-state index in [9.17, 15) is 10.1 Å². The number of nitrogens with one attached hydrogen (secondary N) is 3. The lowest BCUT2D eigenvalue weighted by Gasteiger charge is -2.28. The lowest BCUT2D eigenvalue weighted by Crippen LogP contribution is -2.47. The maximum absolute atomic E-state index is 15.0. The van der Waals surface area contributed by atoms with Gasteiger partial charge in [0.15, 0.2) is 17.5 Å². The molecule has 1 aliphatic rings. The number of hydrogen-bond donors (Lipinski definition) is 3. The molecule has 0 spiro atoms. The fourth-order valence-electron chi connectivity index (χ4n) is 4.28. The third-order valence-electron chi connectivity index (χ3n) is 6.22. The van der Waals surface area contributed by atoms with Gasteiger partial charge < -0.3 is 25.4 Å². The minimum absolute atomic E-state index is 0.00898. The summed E-state index contributed by atoms with van der Waals surface area (Å²) in [4.78, 5) is 16.7. The van der Waals surface area contributed by atoms with Crippen molar-refractivity contribution >= 4 is 34.3 Å². The number of aromatic nitrogens is 3. The summed E-state index contributed by atoms with van der Waals surface area (Å²) in [5.41, 5.74) is 1.08. The number of hydrogen-bond acceptors (Lipinski definition) is 8. The van der Waals surface area contributed by atoms with Crippen molar-refractivity contribution in [3.63, 3.8) is 0 Å². The summed E-state index contributed by atoms with van der Waals surface area (Å²) in [5.74, 6) is -0.151. The Kier molecular flexibility index (Phi) is 8.02. The van der Waals surface area contributed by atoms with Crippen LogP contribution < -0.4 is 16.0 Å². The van der Waals surface area contributed by atoms with Gasteiger partial charge in [0.1, 0.15) is 11.7 Å². The van der Waals surface area contributed by atoms with Crippen molar-refractivity contribution in [3.8, 4) is 6.07 Å². The molecule has 1 amide bonds. The average Bonchev–Trinajstić information content (AvgIpc) is 3.61. The Morgan fingerprint density at radius 1 is 1.29 bits per heavy atom. The Labute approximate surface area is 221 Å². The minimum atomic E-state index is -0.642. The van der Waals surface area contributed by atoms with Crippen molar-refractivity contribution in [2.75, 3.05) is 24.4 Å². The van der Waals surface area contributed by atoms with Crippen LogP contribution in [0.2, 0.25) is 0 Å². The molecule has 11 heteroatoms. The first-order valence-electron chi connectivity index (χ1n) is 12.7. The number of amides is 1. The highest BCUT2D eigenvalue weighted by atomic mass is 19.1. The summed E-state index contributed by atoms with van der Waals surface area (Å²) in [6, 6.07) is 8.23. The fourth-order valence-corrected chi connectivity index (χ4v) is 4.28. The summed E-state index contributed by atoms with van der Waals surface area (Å²) < 4.78 is 27.4. The van der Waals surface area contributed by atoms with E-state index in [2.05, 4.69) is 26.0 Å². The molecule has 0 aliphatic heterocycles. The Morgan fingerprint density at radius 2 is 2.05 bits per heavy atom. The van der Waals surface area contributed by atoms with Gasteiger partial charge >= 0.3 is 6.09 Å². The second-order valence-corrected chi connectivity index (χ2v) is 10.5. The molecule has 0 saturated heterocycles. The number of nitrogens with zero attached hydrogens (tertiary/aromatic N) is 4. The van der Waals surface area contributed by atoms with Crippen LogP contribution in [0.4, 0.5) is 26.5 Å². The molecule has 1 aromatic carbocycles. The number of methoxy groups -OCH3 is 1. The highest BCUT2D eigenvalue weighted by molar-refractivity contribution is 5.83. The molecule has 1 fully saturated rings. The molecule has 0 radical (unpaired) electrons. The number of benzene rings is 1. The van der Waals surface area contributed by atoms with Crippen LogP contribution in [0.1, 0.15) is 46.1 Å². The van der Waals surface area contributed by atoms with Crippen LogP contribution in [0.15, 0.2) is 30.5 Å². The normalized spacial score (nSPS) is 15.0. The van der Waals surface area contributed by atoms with Crippen molar-refractivity contribution in [2.24, 2.45) is 5.92 Å². The van der Waals surface area contributed by atoms with E-state index in [-0.39, 0.29) is 35.2 Å². The molecule has 2 heterocycles. The number of ether oxygens (including phenoxy) is 2. The van der Waals surface area contributed by atoms with Gasteiger partial charge in [0.25, 0.3) is 0 Å². The quantitative estimate of drug-likeness (QED) is 0.341. The molecule has 3 aromatic rings. The highest BCUT2D eigenvalue weighted by Gasteiger charge is 2.37. The first-order chi connectivity index (χ1) is 18.1. The lowest BCUT2D eigenvalue weighted by molar-refractivity contribution is 0.0501. The Hall–Kier alpha value is -3.91. The Bertz CT molecular complexity index is 1340. The number of nitriles is 1. The third-order valence-corrected chi connectivity index (χ3v) is 6.22. The van der Waals surface area contributed by atoms with Crippen molar-refractivity contribution in [3.05, 3.63) is 41.8 Å². The number of rotatable bonds is 10. The van der Waals surface area contributed by atoms with Crippen LogP contribution in [-0.4, -0.2) is 52.3 Å². The fraction of sp³-hybridized carbons (Fsp3) is 0.481. The molecule has 0 unspecified atom stereocenters. The van der Waals surface area contributed by atoms with Crippen molar-refractivity contribution < 1.29 is 18.7 Å². The third kappa shape index (κ3) is 6.69. The first-order valence-corrected chi connectivity index (χ1v) is 12.7. The maximum atomic E-state index is 15.0. The molecular weight excluding hydrogens is 489 g/mol. The molecule has 3 N–H and O–H groups in total. The summed E-state index contributed by atoms with van der Waals surface area (Å²) in [6.07, 6.45) is 3.14. The summed E-state index contributed by atoms with van der Waals surface area (Å²) in [5, 5.41) is 24.1. The van der Waals surface area contributed by atoms with E-state index in [1.165, 1.54) is 0 Å². The zero-order chi connectivity index (χ0) is 27.4. The van der Waals surface area contributed by atoms with Crippen LogP contribution in [-0.2, 0) is 16.0 Å². The topological polar surface area (TPSA) is 126 Å². The smallest absolute Gasteiger partial charge is 0.407 e. The molecule has 0 bridgehead atoms. The average molecular weight is 524 g/mol.